The van der Waals surface area contributed by atoms with E-state index in [1.807, 2.05) is 0 Å². The summed E-state index contributed by atoms with van der Waals surface area (Å²) >= 11 is 0. The summed E-state index contributed by atoms with van der Waals surface area (Å²) in [5.41, 5.74) is -0.767. The first-order valence-corrected chi connectivity index (χ1v) is 10.4. The number of nitrogens with one attached hydrogen (secondary N) is 1. The number of likely N-dealkylation sites (tertiary alicyclic amines) is 1. The molecule has 7 nitrogen and oxygen atoms in total. The summed E-state index contributed by atoms with van der Waals surface area (Å²) in [5, 5.41) is -0.234. The molecule has 1 aromatic heterocycles. The minimum atomic E-state index is -4.57. The monoisotopic (exact) mass is 430 g/mol. The van der Waals surface area contributed by atoms with Crippen molar-refractivity contribution < 1.29 is 26.4 Å². The molecule has 0 radical (unpaired) electrons. The van der Waals surface area contributed by atoms with Gasteiger partial charge in [0.05, 0.1) is 11.6 Å². The third-order valence-electron chi connectivity index (χ3n) is 4.85. The molecule has 0 saturated carbocycles. The Bertz CT molecular complexity index is 998. The molecule has 1 atom stereocenters. The zero-order chi connectivity index (χ0) is 21.4. The van der Waals surface area contributed by atoms with E-state index >= 15 is 0 Å². The number of halogens is 3. The summed E-state index contributed by atoms with van der Waals surface area (Å²) in [6.45, 7) is 2.00. The van der Waals surface area contributed by atoms with Gasteiger partial charge in [-0.15, -0.1) is 0 Å². The number of benzene rings is 1. The number of imidazole rings is 1. The van der Waals surface area contributed by atoms with Crippen molar-refractivity contribution in [3.8, 4) is 0 Å². The van der Waals surface area contributed by atoms with Crippen LogP contribution in [0.4, 0.5) is 13.2 Å². The van der Waals surface area contributed by atoms with Crippen LogP contribution in [0.1, 0.15) is 35.8 Å². The first kappa shape index (κ1) is 21.3. The zero-order valence-electron chi connectivity index (χ0n) is 15.9. The highest BCUT2D eigenvalue weighted by molar-refractivity contribution is 7.89. The Morgan fingerprint density at radius 1 is 1.31 bits per heavy atom. The number of hydrogen-bond acceptors (Lipinski definition) is 4. The summed E-state index contributed by atoms with van der Waals surface area (Å²) in [6, 6.07) is 3.39. The average molecular weight is 430 g/mol. The van der Waals surface area contributed by atoms with Crippen LogP contribution in [0.25, 0.3) is 0 Å². The van der Waals surface area contributed by atoms with E-state index in [0.29, 0.717) is 25.2 Å². The van der Waals surface area contributed by atoms with Crippen molar-refractivity contribution in [1.29, 1.82) is 0 Å². The maximum atomic E-state index is 13.1. The van der Waals surface area contributed by atoms with Gasteiger partial charge in [0.2, 0.25) is 5.91 Å². The van der Waals surface area contributed by atoms with Gasteiger partial charge in [-0.05, 0) is 31.0 Å². The quantitative estimate of drug-likeness (QED) is 0.763. The second kappa shape index (κ2) is 7.79. The smallest absolute Gasteiger partial charge is 0.341 e. The summed E-state index contributed by atoms with van der Waals surface area (Å²) in [6.07, 6.45) is -2.29. The minimum Gasteiger partial charge on any atom is -0.341 e. The number of hydrogen-bond donors (Lipinski definition) is 1. The lowest BCUT2D eigenvalue weighted by atomic mass is 10.0. The first-order valence-electron chi connectivity index (χ1n) is 8.94. The molecule has 2 heterocycles. The van der Waals surface area contributed by atoms with Gasteiger partial charge >= 0.3 is 6.18 Å². The number of amides is 1. The fourth-order valence-corrected chi connectivity index (χ4v) is 4.42. The van der Waals surface area contributed by atoms with Crippen LogP contribution in [0, 0.1) is 6.92 Å². The van der Waals surface area contributed by atoms with E-state index < -0.39 is 27.8 Å². The second-order valence-corrected chi connectivity index (χ2v) is 8.64. The van der Waals surface area contributed by atoms with Gasteiger partial charge < -0.3 is 9.47 Å². The summed E-state index contributed by atoms with van der Waals surface area (Å²) < 4.78 is 69.0. The molecule has 1 unspecified atom stereocenters. The molecule has 3 rings (SSSR count). The highest BCUT2D eigenvalue weighted by Crippen LogP contribution is 2.31. The van der Waals surface area contributed by atoms with Gasteiger partial charge in [-0.2, -0.15) is 13.2 Å². The Morgan fingerprint density at radius 2 is 2.03 bits per heavy atom. The number of carbonyl (C=O) groups is 1. The molecule has 29 heavy (non-hydrogen) atoms. The van der Waals surface area contributed by atoms with Gasteiger partial charge in [0, 0.05) is 32.8 Å². The predicted molar refractivity (Wildman–Crippen MR) is 98.3 cm³/mol. The first-order chi connectivity index (χ1) is 13.5. The van der Waals surface area contributed by atoms with Crippen molar-refractivity contribution in [2.75, 3.05) is 13.1 Å². The highest BCUT2D eigenvalue weighted by Gasteiger charge is 2.33. The molecule has 1 amide bonds. The molecule has 1 N–H and O–H groups in total. The van der Waals surface area contributed by atoms with Crippen molar-refractivity contribution in [3.05, 3.63) is 47.4 Å². The third kappa shape index (κ3) is 4.78. The fraction of sp³-hybridized carbons (Fsp3) is 0.444. The number of aryl methyl sites for hydroxylation is 2. The van der Waals surface area contributed by atoms with E-state index in [-0.39, 0.29) is 23.0 Å². The molecular weight excluding hydrogens is 409 g/mol. The fourth-order valence-electron chi connectivity index (χ4n) is 3.16. The molecule has 1 saturated heterocycles. The largest absolute Gasteiger partial charge is 0.416 e. The van der Waals surface area contributed by atoms with Crippen LogP contribution in [-0.2, 0) is 28.0 Å². The van der Waals surface area contributed by atoms with Crippen LogP contribution < -0.4 is 4.72 Å². The molecule has 2 aromatic rings. The van der Waals surface area contributed by atoms with Crippen molar-refractivity contribution >= 4 is 15.9 Å². The average Bonchev–Trinajstić information content (AvgIpc) is 3.19. The van der Waals surface area contributed by atoms with Crippen LogP contribution in [0.2, 0.25) is 0 Å². The van der Waals surface area contributed by atoms with E-state index in [2.05, 4.69) is 9.71 Å². The van der Waals surface area contributed by atoms with Crippen molar-refractivity contribution in [2.24, 2.45) is 7.05 Å². The molecule has 1 aromatic carbocycles. The van der Waals surface area contributed by atoms with Crippen LogP contribution in [0.3, 0.4) is 0 Å². The van der Waals surface area contributed by atoms with Crippen LogP contribution >= 0.6 is 0 Å². The number of carbonyl (C=O) groups excluding carboxylic acids is 1. The maximum absolute atomic E-state index is 13.1. The van der Waals surface area contributed by atoms with Gasteiger partial charge in [-0.1, -0.05) is 12.1 Å². The second-order valence-electron chi connectivity index (χ2n) is 6.98. The van der Waals surface area contributed by atoms with Gasteiger partial charge in [0.1, 0.15) is 5.82 Å². The van der Waals surface area contributed by atoms with Crippen molar-refractivity contribution in [2.45, 2.75) is 37.0 Å². The maximum Gasteiger partial charge on any atom is 0.416 e. The van der Waals surface area contributed by atoms with E-state index in [4.69, 9.17) is 0 Å². The zero-order valence-corrected chi connectivity index (χ0v) is 16.7. The Hall–Kier alpha value is -2.40. The normalized spacial score (nSPS) is 16.4. The third-order valence-corrected chi connectivity index (χ3v) is 6.19. The van der Waals surface area contributed by atoms with E-state index in [1.54, 1.807) is 14.0 Å². The lowest BCUT2D eigenvalue weighted by Gasteiger charge is -2.25. The Kier molecular flexibility index (Phi) is 5.72. The molecule has 0 aliphatic carbocycles. The number of aromatic nitrogens is 2. The number of nitrogens with zero attached hydrogens (tertiary/aromatic N) is 3. The van der Waals surface area contributed by atoms with E-state index in [0.717, 1.165) is 12.1 Å². The molecule has 1 aliphatic heterocycles. The lowest BCUT2D eigenvalue weighted by molar-refractivity contribution is -0.137. The van der Waals surface area contributed by atoms with Gasteiger partial charge in [-0.25, -0.2) is 18.1 Å². The Morgan fingerprint density at radius 3 is 2.59 bits per heavy atom. The Balaban J connectivity index is 1.96. The van der Waals surface area contributed by atoms with Crippen LogP contribution in [-0.4, -0.2) is 41.9 Å². The molecule has 0 spiro atoms. The number of rotatable bonds is 6. The van der Waals surface area contributed by atoms with Crippen LogP contribution in [0.15, 0.2) is 35.5 Å². The lowest BCUT2D eigenvalue weighted by Crippen LogP contribution is -2.38. The molecule has 1 aliphatic rings. The highest BCUT2D eigenvalue weighted by atomic mass is 32.2. The number of sulfonamides is 1. The van der Waals surface area contributed by atoms with Gasteiger partial charge in [0.15, 0.2) is 5.03 Å². The van der Waals surface area contributed by atoms with Gasteiger partial charge in [0.25, 0.3) is 10.0 Å². The minimum absolute atomic E-state index is 0.0643. The van der Waals surface area contributed by atoms with E-state index in [1.165, 1.54) is 27.8 Å². The SMILES string of the molecule is Cc1nc(S(=O)(=O)NC(CN2CCCC2=O)c2cccc(C(F)(F)F)c2)cn1C. The van der Waals surface area contributed by atoms with Crippen molar-refractivity contribution in [1.82, 2.24) is 19.2 Å². The number of alkyl halides is 3. The predicted octanol–water partition coefficient (Wildman–Crippen LogP) is 2.39. The molecular formula is C18H21F3N4O3S. The topological polar surface area (TPSA) is 84.3 Å². The summed E-state index contributed by atoms with van der Waals surface area (Å²) in [5.74, 6) is 0.311. The molecule has 158 valence electrons. The molecule has 1 fully saturated rings. The Labute approximate surface area is 166 Å². The molecule has 0 bridgehead atoms. The van der Waals surface area contributed by atoms with Crippen LogP contribution in [0.5, 0.6) is 0 Å². The molecule has 11 heteroatoms. The standard InChI is InChI=1S/C18H21F3N4O3S/c1-12-22-16(11-24(12)2)29(27,28)23-15(10-25-8-4-7-17(25)26)13-5-3-6-14(9-13)18(19,20)21/h3,5-6,9,11,15,23H,4,7-8,10H2,1-2H3. The van der Waals surface area contributed by atoms with E-state index in [9.17, 15) is 26.4 Å². The van der Waals surface area contributed by atoms with Gasteiger partial charge in [-0.3, -0.25) is 4.79 Å². The summed E-state index contributed by atoms with van der Waals surface area (Å²) in [4.78, 5) is 17.4. The van der Waals surface area contributed by atoms with Crippen molar-refractivity contribution in [3.63, 3.8) is 0 Å². The summed E-state index contributed by atoms with van der Waals surface area (Å²) in [7, 11) is -2.48.